The van der Waals surface area contributed by atoms with Crippen LogP contribution in [0.3, 0.4) is 0 Å². The fourth-order valence-corrected chi connectivity index (χ4v) is 4.11. The molecule has 1 N–H and O–H groups in total. The SMILES string of the molecule is CC1CCN(c2ccc([C@H](C)NC(=O)c3ccccc3OCc3ccccc3)cc2)CC1. The molecule has 0 aliphatic carbocycles. The van der Waals surface area contributed by atoms with E-state index in [9.17, 15) is 4.79 Å². The number of nitrogens with one attached hydrogen (secondary N) is 1. The van der Waals surface area contributed by atoms with E-state index >= 15 is 0 Å². The standard InChI is InChI=1S/C28H32N2O2/c1-21-16-18-30(19-17-21)25-14-12-24(13-15-25)22(2)29-28(31)26-10-6-7-11-27(26)32-20-23-8-4-3-5-9-23/h3-15,21-22H,16-20H2,1-2H3,(H,29,31)/t22-/m0/s1. The van der Waals surface area contributed by atoms with E-state index < -0.39 is 0 Å². The number of hydrogen-bond donors (Lipinski definition) is 1. The van der Waals surface area contributed by atoms with Gasteiger partial charge in [-0.25, -0.2) is 0 Å². The summed E-state index contributed by atoms with van der Waals surface area (Å²) in [7, 11) is 0. The number of anilines is 1. The van der Waals surface area contributed by atoms with Crippen molar-refractivity contribution in [3.05, 3.63) is 95.6 Å². The Morgan fingerprint density at radius 2 is 1.62 bits per heavy atom. The molecule has 1 aliphatic rings. The van der Waals surface area contributed by atoms with Gasteiger partial charge in [-0.05, 0) is 61.1 Å². The number of para-hydroxylation sites is 1. The molecule has 166 valence electrons. The summed E-state index contributed by atoms with van der Waals surface area (Å²) in [5.41, 5.74) is 3.97. The summed E-state index contributed by atoms with van der Waals surface area (Å²) < 4.78 is 5.96. The number of hydrogen-bond acceptors (Lipinski definition) is 3. The van der Waals surface area contributed by atoms with E-state index in [4.69, 9.17) is 4.74 Å². The van der Waals surface area contributed by atoms with Crippen molar-refractivity contribution >= 4 is 11.6 Å². The van der Waals surface area contributed by atoms with Crippen LogP contribution in [0.2, 0.25) is 0 Å². The van der Waals surface area contributed by atoms with Crippen molar-refractivity contribution in [1.29, 1.82) is 0 Å². The van der Waals surface area contributed by atoms with Crippen molar-refractivity contribution in [2.45, 2.75) is 39.3 Å². The van der Waals surface area contributed by atoms with E-state index in [0.29, 0.717) is 17.9 Å². The van der Waals surface area contributed by atoms with Gasteiger partial charge in [0.15, 0.2) is 0 Å². The van der Waals surface area contributed by atoms with Crippen molar-refractivity contribution in [2.75, 3.05) is 18.0 Å². The largest absolute Gasteiger partial charge is 0.488 e. The predicted molar refractivity (Wildman–Crippen MR) is 130 cm³/mol. The topological polar surface area (TPSA) is 41.6 Å². The van der Waals surface area contributed by atoms with Crippen molar-refractivity contribution in [1.82, 2.24) is 5.32 Å². The molecule has 0 radical (unpaired) electrons. The zero-order valence-electron chi connectivity index (χ0n) is 19.0. The fraction of sp³-hybridized carbons (Fsp3) is 0.321. The highest BCUT2D eigenvalue weighted by molar-refractivity contribution is 5.97. The maximum Gasteiger partial charge on any atom is 0.255 e. The second kappa shape index (κ2) is 10.4. The minimum atomic E-state index is -0.129. The molecule has 4 rings (SSSR count). The van der Waals surface area contributed by atoms with E-state index in [1.807, 2.05) is 61.5 Å². The molecule has 1 fully saturated rings. The first-order chi connectivity index (χ1) is 15.6. The highest BCUT2D eigenvalue weighted by Gasteiger charge is 2.18. The van der Waals surface area contributed by atoms with Crippen LogP contribution in [0, 0.1) is 5.92 Å². The van der Waals surface area contributed by atoms with Crippen LogP contribution < -0.4 is 15.0 Å². The zero-order chi connectivity index (χ0) is 22.3. The molecule has 0 bridgehead atoms. The number of rotatable bonds is 7. The third-order valence-corrected chi connectivity index (χ3v) is 6.26. The van der Waals surface area contributed by atoms with Gasteiger partial charge >= 0.3 is 0 Å². The van der Waals surface area contributed by atoms with Gasteiger partial charge in [0.2, 0.25) is 0 Å². The second-order valence-electron chi connectivity index (χ2n) is 8.73. The van der Waals surface area contributed by atoms with E-state index in [0.717, 1.165) is 30.1 Å². The predicted octanol–water partition coefficient (Wildman–Crippen LogP) is 5.99. The Kier molecular flexibility index (Phi) is 7.10. The van der Waals surface area contributed by atoms with Gasteiger partial charge in [-0.3, -0.25) is 4.79 Å². The first-order valence-electron chi connectivity index (χ1n) is 11.5. The molecule has 4 nitrogen and oxygen atoms in total. The Balaban J connectivity index is 1.38. The van der Waals surface area contributed by atoms with E-state index in [1.54, 1.807) is 0 Å². The summed E-state index contributed by atoms with van der Waals surface area (Å²) >= 11 is 0. The van der Waals surface area contributed by atoms with Crippen LogP contribution in [0.5, 0.6) is 5.75 Å². The maximum atomic E-state index is 13.0. The van der Waals surface area contributed by atoms with Gasteiger partial charge in [-0.15, -0.1) is 0 Å². The lowest BCUT2D eigenvalue weighted by molar-refractivity contribution is 0.0935. The number of nitrogens with zero attached hydrogens (tertiary/aromatic N) is 1. The number of carbonyl (C=O) groups excluding carboxylic acids is 1. The van der Waals surface area contributed by atoms with E-state index in [1.165, 1.54) is 18.5 Å². The number of amides is 1. The molecule has 0 unspecified atom stereocenters. The summed E-state index contributed by atoms with van der Waals surface area (Å²) in [5, 5.41) is 3.12. The smallest absolute Gasteiger partial charge is 0.255 e. The molecule has 3 aromatic carbocycles. The highest BCUT2D eigenvalue weighted by Crippen LogP contribution is 2.25. The van der Waals surface area contributed by atoms with Crippen LogP contribution in [0.25, 0.3) is 0 Å². The number of carbonyl (C=O) groups is 1. The third-order valence-electron chi connectivity index (χ3n) is 6.26. The molecular formula is C28H32N2O2. The average molecular weight is 429 g/mol. The monoisotopic (exact) mass is 428 g/mol. The molecule has 4 heteroatoms. The van der Waals surface area contributed by atoms with Crippen molar-refractivity contribution < 1.29 is 9.53 Å². The summed E-state index contributed by atoms with van der Waals surface area (Å²) in [6.45, 7) is 7.01. The summed E-state index contributed by atoms with van der Waals surface area (Å²) in [6.07, 6.45) is 2.50. The van der Waals surface area contributed by atoms with Crippen LogP contribution >= 0.6 is 0 Å². The van der Waals surface area contributed by atoms with Gasteiger partial charge in [0.25, 0.3) is 5.91 Å². The maximum absolute atomic E-state index is 13.0. The first kappa shape index (κ1) is 21.9. The normalized spacial score (nSPS) is 15.2. The molecule has 32 heavy (non-hydrogen) atoms. The lowest BCUT2D eigenvalue weighted by Gasteiger charge is -2.32. The molecule has 1 saturated heterocycles. The lowest BCUT2D eigenvalue weighted by atomic mass is 9.98. The van der Waals surface area contributed by atoms with Gasteiger partial charge < -0.3 is 15.0 Å². The molecule has 0 saturated carbocycles. The first-order valence-corrected chi connectivity index (χ1v) is 11.5. The average Bonchev–Trinajstić information content (AvgIpc) is 2.84. The van der Waals surface area contributed by atoms with Crippen LogP contribution in [0.15, 0.2) is 78.9 Å². The number of benzene rings is 3. The van der Waals surface area contributed by atoms with Crippen LogP contribution in [-0.2, 0) is 6.61 Å². The molecule has 3 aromatic rings. The van der Waals surface area contributed by atoms with Gasteiger partial charge in [-0.2, -0.15) is 0 Å². The van der Waals surface area contributed by atoms with Crippen molar-refractivity contribution in [3.63, 3.8) is 0 Å². The zero-order valence-corrected chi connectivity index (χ0v) is 19.0. The molecule has 0 spiro atoms. The van der Waals surface area contributed by atoms with Crippen LogP contribution in [-0.4, -0.2) is 19.0 Å². The molecule has 1 amide bonds. The Morgan fingerprint density at radius 1 is 0.969 bits per heavy atom. The van der Waals surface area contributed by atoms with E-state index in [2.05, 4.69) is 41.4 Å². The summed E-state index contributed by atoms with van der Waals surface area (Å²) in [5.74, 6) is 1.28. The van der Waals surface area contributed by atoms with E-state index in [-0.39, 0.29) is 11.9 Å². The Bertz CT molecular complexity index is 1010. The van der Waals surface area contributed by atoms with Gasteiger partial charge in [0.05, 0.1) is 11.6 Å². The second-order valence-corrected chi connectivity index (χ2v) is 8.73. The molecule has 1 heterocycles. The highest BCUT2D eigenvalue weighted by atomic mass is 16.5. The molecule has 1 atom stereocenters. The Morgan fingerprint density at radius 3 is 2.34 bits per heavy atom. The summed E-state index contributed by atoms with van der Waals surface area (Å²) in [6, 6.07) is 25.9. The fourth-order valence-electron chi connectivity index (χ4n) is 4.11. The van der Waals surface area contributed by atoms with Gasteiger partial charge in [0, 0.05) is 18.8 Å². The van der Waals surface area contributed by atoms with Crippen molar-refractivity contribution in [2.24, 2.45) is 5.92 Å². The Labute approximate surface area is 191 Å². The van der Waals surface area contributed by atoms with Crippen molar-refractivity contribution in [3.8, 4) is 5.75 Å². The third kappa shape index (κ3) is 5.50. The summed E-state index contributed by atoms with van der Waals surface area (Å²) in [4.78, 5) is 15.5. The lowest BCUT2D eigenvalue weighted by Crippen LogP contribution is -2.32. The number of piperidine rings is 1. The van der Waals surface area contributed by atoms with Crippen LogP contribution in [0.1, 0.15) is 54.2 Å². The molecule has 0 aromatic heterocycles. The minimum Gasteiger partial charge on any atom is -0.488 e. The van der Waals surface area contributed by atoms with Gasteiger partial charge in [0.1, 0.15) is 12.4 Å². The minimum absolute atomic E-state index is 0.0971. The van der Waals surface area contributed by atoms with Gasteiger partial charge in [-0.1, -0.05) is 61.5 Å². The molecule has 1 aliphatic heterocycles. The number of ether oxygens (including phenoxy) is 1. The quantitative estimate of drug-likeness (QED) is 0.502. The van der Waals surface area contributed by atoms with Crippen LogP contribution in [0.4, 0.5) is 5.69 Å². The Hall–Kier alpha value is -3.27. The molecular weight excluding hydrogens is 396 g/mol.